The monoisotopic (exact) mass is 237 g/mol. The van der Waals surface area contributed by atoms with Crippen LogP contribution in [-0.2, 0) is 17.7 Å². The number of aryl methyl sites for hydroxylation is 1. The topological polar surface area (TPSA) is 39.9 Å². The molecule has 1 aromatic heterocycles. The fourth-order valence-corrected chi connectivity index (χ4v) is 2.26. The summed E-state index contributed by atoms with van der Waals surface area (Å²) in [4.78, 5) is 0. The Morgan fingerprint density at radius 1 is 1.41 bits per heavy atom. The minimum atomic E-state index is 0.342. The van der Waals surface area contributed by atoms with Gasteiger partial charge >= 0.3 is 0 Å². The Morgan fingerprint density at radius 3 is 3.12 bits per heavy atom. The molecule has 0 N–H and O–H groups in total. The minimum Gasteiger partial charge on any atom is -0.376 e. The van der Waals surface area contributed by atoms with E-state index in [0.717, 1.165) is 31.7 Å². The van der Waals surface area contributed by atoms with Gasteiger partial charge in [0, 0.05) is 12.8 Å². The normalized spacial score (nSPS) is 20.6. The maximum Gasteiger partial charge on any atom is 0.0827 e. The zero-order valence-corrected chi connectivity index (χ0v) is 10.8. The molecule has 0 bridgehead atoms. The van der Waals surface area contributed by atoms with E-state index in [-0.39, 0.29) is 0 Å². The molecular weight excluding hydrogens is 214 g/mol. The number of hydrogen-bond acceptors (Lipinski definition) is 3. The maximum absolute atomic E-state index is 5.70. The van der Waals surface area contributed by atoms with Crippen LogP contribution in [0, 0.1) is 0 Å². The molecule has 0 radical (unpaired) electrons. The molecule has 1 saturated heterocycles. The van der Waals surface area contributed by atoms with Crippen molar-refractivity contribution in [1.29, 1.82) is 0 Å². The lowest BCUT2D eigenvalue weighted by Gasteiger charge is -2.21. The Labute approximate surface area is 103 Å². The number of aromatic nitrogens is 3. The van der Waals surface area contributed by atoms with Gasteiger partial charge in [0.25, 0.3) is 0 Å². The average molecular weight is 237 g/mol. The largest absolute Gasteiger partial charge is 0.376 e. The van der Waals surface area contributed by atoms with Gasteiger partial charge in [0.2, 0.25) is 0 Å². The first-order chi connectivity index (χ1) is 8.38. The predicted octanol–water partition coefficient (Wildman–Crippen LogP) is 2.58. The van der Waals surface area contributed by atoms with Gasteiger partial charge in [0.05, 0.1) is 18.3 Å². The predicted molar refractivity (Wildman–Crippen MR) is 66.8 cm³/mol. The highest BCUT2D eigenvalue weighted by Crippen LogP contribution is 2.14. The Morgan fingerprint density at radius 2 is 2.35 bits per heavy atom. The molecule has 2 heterocycles. The summed E-state index contributed by atoms with van der Waals surface area (Å²) in [5.74, 6) is 0. The van der Waals surface area contributed by atoms with Crippen molar-refractivity contribution in [3.63, 3.8) is 0 Å². The standard InChI is InChI=1S/C13H23N3O/c1-2-3-4-7-12-10-16(15-14-12)11-13-8-5-6-9-17-13/h10,13H,2-9,11H2,1H3. The summed E-state index contributed by atoms with van der Waals surface area (Å²) in [6, 6.07) is 0. The van der Waals surface area contributed by atoms with E-state index in [4.69, 9.17) is 4.74 Å². The highest BCUT2D eigenvalue weighted by molar-refractivity contribution is 4.92. The van der Waals surface area contributed by atoms with E-state index in [1.807, 2.05) is 4.68 Å². The average Bonchev–Trinajstić information content (AvgIpc) is 2.79. The van der Waals surface area contributed by atoms with E-state index in [2.05, 4.69) is 23.4 Å². The third-order valence-corrected chi connectivity index (χ3v) is 3.29. The molecule has 2 rings (SSSR count). The molecule has 1 aliphatic rings. The van der Waals surface area contributed by atoms with Crippen molar-refractivity contribution in [3.05, 3.63) is 11.9 Å². The van der Waals surface area contributed by atoms with Crippen LogP contribution in [0.4, 0.5) is 0 Å². The highest BCUT2D eigenvalue weighted by Gasteiger charge is 2.15. The summed E-state index contributed by atoms with van der Waals surface area (Å²) in [6.45, 7) is 3.99. The Kier molecular flexibility index (Phi) is 4.98. The third kappa shape index (κ3) is 4.11. The van der Waals surface area contributed by atoms with Gasteiger partial charge in [-0.15, -0.1) is 5.10 Å². The van der Waals surface area contributed by atoms with Crippen LogP contribution in [0.25, 0.3) is 0 Å². The molecule has 96 valence electrons. The van der Waals surface area contributed by atoms with E-state index in [9.17, 15) is 0 Å². The summed E-state index contributed by atoms with van der Waals surface area (Å²) in [6.07, 6.45) is 10.9. The number of unbranched alkanes of at least 4 members (excludes halogenated alkanes) is 2. The van der Waals surface area contributed by atoms with Crippen LogP contribution in [-0.4, -0.2) is 27.7 Å². The van der Waals surface area contributed by atoms with Gasteiger partial charge in [-0.05, 0) is 32.1 Å². The summed E-state index contributed by atoms with van der Waals surface area (Å²) < 4.78 is 7.64. The zero-order valence-electron chi connectivity index (χ0n) is 10.8. The first-order valence-electron chi connectivity index (χ1n) is 6.89. The van der Waals surface area contributed by atoms with Gasteiger partial charge in [0.1, 0.15) is 0 Å². The molecule has 0 aromatic carbocycles. The molecule has 0 saturated carbocycles. The summed E-state index contributed by atoms with van der Waals surface area (Å²) in [7, 11) is 0. The second-order valence-corrected chi connectivity index (χ2v) is 4.88. The molecule has 1 unspecified atom stereocenters. The lowest BCUT2D eigenvalue weighted by molar-refractivity contribution is 0.00370. The second kappa shape index (κ2) is 6.74. The van der Waals surface area contributed by atoms with Crippen molar-refractivity contribution in [2.24, 2.45) is 0 Å². The van der Waals surface area contributed by atoms with Crippen LogP contribution < -0.4 is 0 Å². The number of ether oxygens (including phenoxy) is 1. The van der Waals surface area contributed by atoms with Gasteiger partial charge in [0.15, 0.2) is 0 Å². The summed E-state index contributed by atoms with van der Waals surface area (Å²) >= 11 is 0. The van der Waals surface area contributed by atoms with Crippen LogP contribution >= 0.6 is 0 Å². The van der Waals surface area contributed by atoms with Crippen LogP contribution in [0.5, 0.6) is 0 Å². The first-order valence-corrected chi connectivity index (χ1v) is 6.89. The van der Waals surface area contributed by atoms with Crippen molar-refractivity contribution >= 4 is 0 Å². The van der Waals surface area contributed by atoms with E-state index < -0.39 is 0 Å². The van der Waals surface area contributed by atoms with E-state index in [0.29, 0.717) is 6.10 Å². The smallest absolute Gasteiger partial charge is 0.0827 e. The van der Waals surface area contributed by atoms with E-state index >= 15 is 0 Å². The van der Waals surface area contributed by atoms with Gasteiger partial charge in [-0.2, -0.15) is 0 Å². The highest BCUT2D eigenvalue weighted by atomic mass is 16.5. The van der Waals surface area contributed by atoms with Crippen LogP contribution in [0.2, 0.25) is 0 Å². The Hall–Kier alpha value is -0.900. The van der Waals surface area contributed by atoms with Crippen LogP contribution in [0.3, 0.4) is 0 Å². The molecule has 4 nitrogen and oxygen atoms in total. The van der Waals surface area contributed by atoms with Crippen molar-refractivity contribution in [1.82, 2.24) is 15.0 Å². The van der Waals surface area contributed by atoms with E-state index in [1.165, 1.54) is 32.1 Å². The lowest BCUT2D eigenvalue weighted by atomic mass is 10.1. The van der Waals surface area contributed by atoms with Gasteiger partial charge < -0.3 is 4.74 Å². The maximum atomic E-state index is 5.70. The van der Waals surface area contributed by atoms with E-state index in [1.54, 1.807) is 0 Å². The Balaban J connectivity index is 1.76. The summed E-state index contributed by atoms with van der Waals surface area (Å²) in [5, 5.41) is 8.39. The SMILES string of the molecule is CCCCCc1cn(CC2CCCCO2)nn1. The Bertz CT molecular complexity index is 318. The van der Waals surface area contributed by atoms with Gasteiger partial charge in [-0.1, -0.05) is 25.0 Å². The van der Waals surface area contributed by atoms with Gasteiger partial charge in [-0.25, -0.2) is 4.68 Å². The zero-order chi connectivity index (χ0) is 11.9. The first kappa shape index (κ1) is 12.6. The fourth-order valence-electron chi connectivity index (χ4n) is 2.26. The third-order valence-electron chi connectivity index (χ3n) is 3.29. The number of rotatable bonds is 6. The number of nitrogens with zero attached hydrogens (tertiary/aromatic N) is 3. The molecule has 1 aliphatic heterocycles. The van der Waals surface area contributed by atoms with Crippen molar-refractivity contribution in [2.45, 2.75) is 64.5 Å². The molecule has 1 atom stereocenters. The molecule has 4 heteroatoms. The number of hydrogen-bond donors (Lipinski definition) is 0. The molecule has 1 fully saturated rings. The molecule has 0 aliphatic carbocycles. The molecule has 1 aromatic rings. The van der Waals surface area contributed by atoms with Crippen molar-refractivity contribution < 1.29 is 4.74 Å². The summed E-state index contributed by atoms with van der Waals surface area (Å²) in [5.41, 5.74) is 1.12. The van der Waals surface area contributed by atoms with Crippen LogP contribution in [0.1, 0.15) is 51.1 Å². The quantitative estimate of drug-likeness (QED) is 0.714. The van der Waals surface area contributed by atoms with Crippen molar-refractivity contribution in [3.8, 4) is 0 Å². The fraction of sp³-hybridized carbons (Fsp3) is 0.846. The second-order valence-electron chi connectivity index (χ2n) is 4.88. The van der Waals surface area contributed by atoms with Gasteiger partial charge in [-0.3, -0.25) is 0 Å². The molecule has 17 heavy (non-hydrogen) atoms. The van der Waals surface area contributed by atoms with Crippen molar-refractivity contribution in [2.75, 3.05) is 6.61 Å². The minimum absolute atomic E-state index is 0.342. The molecule has 0 amide bonds. The van der Waals surface area contributed by atoms with Crippen LogP contribution in [0.15, 0.2) is 6.20 Å². The molecule has 0 spiro atoms. The molecular formula is C13H23N3O. The lowest BCUT2D eigenvalue weighted by Crippen LogP contribution is -2.24.